The van der Waals surface area contributed by atoms with Crippen LogP contribution in [0.4, 0.5) is 4.79 Å². The number of carboxylic acid groups (broad SMARTS) is 1. The van der Waals surface area contributed by atoms with Gasteiger partial charge in [-0.15, -0.1) is 0 Å². The zero-order chi connectivity index (χ0) is 21.2. The van der Waals surface area contributed by atoms with Gasteiger partial charge in [0.2, 0.25) is 10.0 Å². The van der Waals surface area contributed by atoms with Crippen molar-refractivity contribution in [2.75, 3.05) is 33.3 Å². The molecule has 29 heavy (non-hydrogen) atoms. The standard InChI is InChI=1S/C18H24BrN3O6S/c1-28-16(23)18(6-10-21(11-7-18)17(24)25)29(26,27)22-8-4-13(5-9-22)15-3-2-14(19)12-20-15/h2-3,12-13H,4-11H2,1H3,(H,24,25). The predicted molar refractivity (Wildman–Crippen MR) is 108 cm³/mol. The summed E-state index contributed by atoms with van der Waals surface area (Å²) in [6, 6.07) is 3.84. The quantitative estimate of drug-likeness (QED) is 0.642. The topological polar surface area (TPSA) is 117 Å². The molecule has 3 heterocycles. The van der Waals surface area contributed by atoms with Gasteiger partial charge >= 0.3 is 12.1 Å². The van der Waals surface area contributed by atoms with Crippen LogP contribution in [-0.4, -0.2) is 77.8 Å². The number of likely N-dealkylation sites (tertiary alicyclic amines) is 1. The maximum Gasteiger partial charge on any atom is 0.407 e. The highest BCUT2D eigenvalue weighted by Gasteiger charge is 2.56. The van der Waals surface area contributed by atoms with Gasteiger partial charge in [0.1, 0.15) is 0 Å². The van der Waals surface area contributed by atoms with Crippen LogP contribution in [0.5, 0.6) is 0 Å². The van der Waals surface area contributed by atoms with Gasteiger partial charge in [0.05, 0.1) is 7.11 Å². The van der Waals surface area contributed by atoms with Gasteiger partial charge in [-0.1, -0.05) is 0 Å². The first-order chi connectivity index (χ1) is 13.7. The molecule has 2 saturated heterocycles. The number of carbonyl (C=O) groups excluding carboxylic acids is 1. The molecule has 2 aliphatic rings. The van der Waals surface area contributed by atoms with Gasteiger partial charge in [0.25, 0.3) is 0 Å². The van der Waals surface area contributed by atoms with Crippen molar-refractivity contribution in [2.45, 2.75) is 36.3 Å². The van der Waals surface area contributed by atoms with E-state index in [-0.39, 0.29) is 44.9 Å². The summed E-state index contributed by atoms with van der Waals surface area (Å²) < 4.78 is 32.3. The lowest BCUT2D eigenvalue weighted by Gasteiger charge is -2.42. The SMILES string of the molecule is COC(=O)C1(S(=O)(=O)N2CCC(c3ccc(Br)cn3)CC2)CCN(C(=O)O)CC1. The number of halogens is 1. The van der Waals surface area contributed by atoms with Crippen molar-refractivity contribution >= 4 is 38.0 Å². The molecule has 0 bridgehead atoms. The number of pyridine rings is 1. The molecule has 1 amide bonds. The molecule has 9 nitrogen and oxygen atoms in total. The third-order valence-corrected chi connectivity index (χ3v) is 8.93. The van der Waals surface area contributed by atoms with Crippen molar-refractivity contribution in [3.63, 3.8) is 0 Å². The number of sulfonamides is 1. The first-order valence-electron chi connectivity index (χ1n) is 9.39. The minimum atomic E-state index is -4.01. The average molecular weight is 490 g/mol. The van der Waals surface area contributed by atoms with Crippen LogP contribution in [0.15, 0.2) is 22.8 Å². The van der Waals surface area contributed by atoms with Gasteiger partial charge in [-0.25, -0.2) is 17.5 Å². The highest BCUT2D eigenvalue weighted by molar-refractivity contribution is 9.10. The van der Waals surface area contributed by atoms with E-state index in [0.29, 0.717) is 12.8 Å². The molecule has 0 unspecified atom stereocenters. The van der Waals surface area contributed by atoms with E-state index in [0.717, 1.165) is 22.2 Å². The van der Waals surface area contributed by atoms with E-state index in [9.17, 15) is 18.0 Å². The zero-order valence-electron chi connectivity index (χ0n) is 16.1. The van der Waals surface area contributed by atoms with E-state index >= 15 is 0 Å². The van der Waals surface area contributed by atoms with E-state index in [1.165, 1.54) is 4.31 Å². The van der Waals surface area contributed by atoms with Crippen LogP contribution in [0, 0.1) is 0 Å². The summed E-state index contributed by atoms with van der Waals surface area (Å²) in [4.78, 5) is 29.3. The van der Waals surface area contributed by atoms with Crippen molar-refractivity contribution in [3.8, 4) is 0 Å². The van der Waals surface area contributed by atoms with Crippen LogP contribution in [0.1, 0.15) is 37.3 Å². The summed E-state index contributed by atoms with van der Waals surface area (Å²) in [5, 5.41) is 9.15. The van der Waals surface area contributed by atoms with Crippen LogP contribution in [-0.2, 0) is 19.6 Å². The van der Waals surface area contributed by atoms with E-state index < -0.39 is 26.8 Å². The lowest BCUT2D eigenvalue weighted by Crippen LogP contribution is -2.60. The molecule has 160 valence electrons. The van der Waals surface area contributed by atoms with Gasteiger partial charge in [0.15, 0.2) is 4.75 Å². The summed E-state index contributed by atoms with van der Waals surface area (Å²) in [5.74, 6) is -0.670. The van der Waals surface area contributed by atoms with E-state index in [1.807, 2.05) is 12.1 Å². The number of hydrogen-bond donors (Lipinski definition) is 1. The molecule has 3 rings (SSSR count). The Morgan fingerprint density at radius 2 is 1.83 bits per heavy atom. The second-order valence-electron chi connectivity index (χ2n) is 7.34. The Bertz CT molecular complexity index is 860. The highest BCUT2D eigenvalue weighted by atomic mass is 79.9. The fraction of sp³-hybridized carbons (Fsp3) is 0.611. The number of esters is 1. The average Bonchev–Trinajstić information content (AvgIpc) is 2.73. The summed E-state index contributed by atoms with van der Waals surface area (Å²) in [7, 11) is -2.85. The Morgan fingerprint density at radius 1 is 1.21 bits per heavy atom. The van der Waals surface area contributed by atoms with Gasteiger partial charge in [-0.3, -0.25) is 9.78 Å². The zero-order valence-corrected chi connectivity index (χ0v) is 18.5. The number of piperidine rings is 2. The second-order valence-corrected chi connectivity index (χ2v) is 10.5. The van der Waals surface area contributed by atoms with E-state index in [2.05, 4.69) is 20.9 Å². The maximum absolute atomic E-state index is 13.5. The van der Waals surface area contributed by atoms with Gasteiger partial charge in [-0.2, -0.15) is 0 Å². The molecule has 0 aliphatic carbocycles. The van der Waals surface area contributed by atoms with Crippen LogP contribution in [0.2, 0.25) is 0 Å². The monoisotopic (exact) mass is 489 g/mol. The fourth-order valence-corrected chi connectivity index (χ4v) is 6.49. The number of nitrogens with zero attached hydrogens (tertiary/aromatic N) is 3. The number of ether oxygens (including phenoxy) is 1. The molecule has 0 saturated carbocycles. The lowest BCUT2D eigenvalue weighted by atomic mass is 9.94. The Labute approximate surface area is 178 Å². The number of rotatable bonds is 4. The molecule has 2 fully saturated rings. The molecule has 11 heteroatoms. The fourth-order valence-electron chi connectivity index (χ4n) is 4.08. The Kier molecular flexibility index (Phi) is 6.49. The molecule has 2 aliphatic heterocycles. The predicted octanol–water partition coefficient (Wildman–Crippen LogP) is 2.04. The number of aromatic nitrogens is 1. The van der Waals surface area contributed by atoms with E-state index in [4.69, 9.17) is 9.84 Å². The minimum Gasteiger partial charge on any atom is -0.468 e. The Morgan fingerprint density at radius 3 is 2.31 bits per heavy atom. The molecular weight excluding hydrogens is 466 g/mol. The normalized spacial score (nSPS) is 21.0. The summed E-state index contributed by atoms with van der Waals surface area (Å²) >= 11 is 3.35. The summed E-state index contributed by atoms with van der Waals surface area (Å²) in [6.07, 6.45) is 1.59. The first kappa shape index (κ1) is 22.0. The molecule has 1 N–H and O–H groups in total. The largest absolute Gasteiger partial charge is 0.468 e. The van der Waals surface area contributed by atoms with Crippen LogP contribution in [0.25, 0.3) is 0 Å². The molecular formula is C18H24BrN3O6S. The Balaban J connectivity index is 1.76. The molecule has 0 aromatic carbocycles. The molecule has 1 aromatic rings. The van der Waals surface area contributed by atoms with Crippen molar-refractivity contribution in [3.05, 3.63) is 28.5 Å². The van der Waals surface area contributed by atoms with Gasteiger partial charge in [-0.05, 0) is 53.7 Å². The molecule has 1 aromatic heterocycles. The van der Waals surface area contributed by atoms with Crippen molar-refractivity contribution in [1.82, 2.24) is 14.2 Å². The number of amides is 1. The van der Waals surface area contributed by atoms with Crippen LogP contribution >= 0.6 is 15.9 Å². The lowest BCUT2D eigenvalue weighted by molar-refractivity contribution is -0.145. The second kappa shape index (κ2) is 8.57. The molecule has 0 radical (unpaired) electrons. The minimum absolute atomic E-state index is 0.0249. The molecule has 0 atom stereocenters. The third-order valence-electron chi connectivity index (χ3n) is 5.86. The van der Waals surface area contributed by atoms with Crippen LogP contribution < -0.4 is 0 Å². The van der Waals surface area contributed by atoms with Gasteiger partial charge < -0.3 is 14.7 Å². The smallest absolute Gasteiger partial charge is 0.407 e. The van der Waals surface area contributed by atoms with Gasteiger partial charge in [0, 0.05) is 48.5 Å². The van der Waals surface area contributed by atoms with Crippen molar-refractivity contribution in [1.29, 1.82) is 0 Å². The summed E-state index contributed by atoms with van der Waals surface area (Å²) in [5.41, 5.74) is 0.919. The molecule has 0 spiro atoms. The number of hydrogen-bond acceptors (Lipinski definition) is 6. The van der Waals surface area contributed by atoms with Crippen molar-refractivity contribution in [2.24, 2.45) is 0 Å². The van der Waals surface area contributed by atoms with E-state index in [1.54, 1.807) is 6.20 Å². The maximum atomic E-state index is 13.5. The van der Waals surface area contributed by atoms with Crippen molar-refractivity contribution < 1.29 is 27.9 Å². The highest BCUT2D eigenvalue weighted by Crippen LogP contribution is 2.37. The third kappa shape index (κ3) is 4.13. The number of methoxy groups -OCH3 is 1. The Hall–Kier alpha value is -1.72. The summed E-state index contributed by atoms with van der Waals surface area (Å²) in [6.45, 7) is 0.518. The first-order valence-corrected chi connectivity index (χ1v) is 11.6. The number of carbonyl (C=O) groups is 2. The van der Waals surface area contributed by atoms with Crippen LogP contribution in [0.3, 0.4) is 0 Å².